The molecule has 0 bridgehead atoms. The smallest absolute Gasteiger partial charge is 0.181 e. The van der Waals surface area contributed by atoms with E-state index in [1.807, 2.05) is 23.6 Å². The van der Waals surface area contributed by atoms with Crippen molar-refractivity contribution >= 4 is 28.1 Å². The second-order valence-corrected chi connectivity index (χ2v) is 7.59. The third-order valence-electron chi connectivity index (χ3n) is 5.15. The fraction of sp³-hybridized carbons (Fsp3) is 0.238. The second kappa shape index (κ2) is 7.46. The number of anilines is 1. The molecule has 6 nitrogen and oxygen atoms in total. The Balaban J connectivity index is 1.66. The molecule has 0 spiro atoms. The van der Waals surface area contributed by atoms with Gasteiger partial charge in [0.15, 0.2) is 17.2 Å². The van der Waals surface area contributed by atoms with E-state index < -0.39 is 5.82 Å². The van der Waals surface area contributed by atoms with E-state index in [0.717, 1.165) is 35.3 Å². The van der Waals surface area contributed by atoms with Crippen LogP contribution in [0, 0.1) is 5.82 Å². The number of H-pyrrole nitrogens is 1. The number of rotatable bonds is 4. The highest BCUT2D eigenvalue weighted by Gasteiger charge is 2.21. The summed E-state index contributed by atoms with van der Waals surface area (Å²) in [5.41, 5.74) is 4.50. The van der Waals surface area contributed by atoms with Gasteiger partial charge in [-0.3, -0.25) is 5.10 Å². The second-order valence-electron chi connectivity index (χ2n) is 6.81. The summed E-state index contributed by atoms with van der Waals surface area (Å²) >= 11 is 1.62. The van der Waals surface area contributed by atoms with E-state index >= 15 is 4.39 Å². The third kappa shape index (κ3) is 3.24. The van der Waals surface area contributed by atoms with E-state index in [4.69, 9.17) is 9.47 Å². The highest BCUT2D eigenvalue weighted by atomic mass is 32.1. The Bertz CT molecular complexity index is 1150. The number of fused-ring (bicyclic) bond motifs is 1. The average molecular weight is 410 g/mol. The molecule has 1 saturated heterocycles. The monoisotopic (exact) mass is 410 g/mol. The molecule has 3 aromatic heterocycles. The van der Waals surface area contributed by atoms with Crippen LogP contribution in [0.4, 0.5) is 10.1 Å². The largest absolute Gasteiger partial charge is 0.494 e. The first-order valence-electron chi connectivity index (χ1n) is 9.32. The maximum atomic E-state index is 15.3. The van der Waals surface area contributed by atoms with Crippen LogP contribution in [0.5, 0.6) is 5.75 Å². The van der Waals surface area contributed by atoms with E-state index in [1.165, 1.54) is 7.11 Å². The Kier molecular flexibility index (Phi) is 4.65. The van der Waals surface area contributed by atoms with Gasteiger partial charge in [0.1, 0.15) is 0 Å². The molecule has 1 aliphatic heterocycles. The van der Waals surface area contributed by atoms with Gasteiger partial charge in [-0.1, -0.05) is 0 Å². The predicted molar refractivity (Wildman–Crippen MR) is 112 cm³/mol. The number of hydrogen-bond donors (Lipinski definition) is 1. The maximum Gasteiger partial charge on any atom is 0.181 e. The zero-order valence-corrected chi connectivity index (χ0v) is 16.6. The minimum absolute atomic E-state index is 0.202. The van der Waals surface area contributed by atoms with Crippen LogP contribution in [0.1, 0.15) is 0 Å². The minimum atomic E-state index is -0.420. The van der Waals surface area contributed by atoms with Crippen LogP contribution in [0.3, 0.4) is 0 Å². The van der Waals surface area contributed by atoms with Crippen LogP contribution in [0.15, 0.2) is 41.2 Å². The number of morpholine rings is 1. The van der Waals surface area contributed by atoms with Crippen molar-refractivity contribution in [3.63, 3.8) is 0 Å². The Morgan fingerprint density at radius 2 is 2.07 bits per heavy atom. The van der Waals surface area contributed by atoms with Gasteiger partial charge in [-0.15, -0.1) is 0 Å². The van der Waals surface area contributed by atoms with E-state index in [1.54, 1.807) is 23.6 Å². The van der Waals surface area contributed by atoms with E-state index in [0.29, 0.717) is 30.1 Å². The number of thiophene rings is 1. The normalized spacial score (nSPS) is 14.5. The van der Waals surface area contributed by atoms with E-state index in [9.17, 15) is 0 Å². The first-order valence-corrected chi connectivity index (χ1v) is 10.3. The lowest BCUT2D eigenvalue weighted by Crippen LogP contribution is -2.36. The van der Waals surface area contributed by atoms with Crippen molar-refractivity contribution in [2.24, 2.45) is 0 Å². The summed E-state index contributed by atoms with van der Waals surface area (Å²) in [5.74, 6) is -0.218. The highest BCUT2D eigenvalue weighted by Crippen LogP contribution is 2.37. The lowest BCUT2D eigenvalue weighted by molar-refractivity contribution is 0.122. The molecule has 1 fully saturated rings. The topological polar surface area (TPSA) is 63.3 Å². The van der Waals surface area contributed by atoms with Crippen LogP contribution in [-0.2, 0) is 4.74 Å². The number of hydrogen-bond acceptors (Lipinski definition) is 6. The molecule has 8 heteroatoms. The van der Waals surface area contributed by atoms with E-state index in [2.05, 4.69) is 25.5 Å². The summed E-state index contributed by atoms with van der Waals surface area (Å²) < 4.78 is 26.0. The molecule has 4 heterocycles. The first-order chi connectivity index (χ1) is 14.2. The van der Waals surface area contributed by atoms with Crippen LogP contribution in [-0.4, -0.2) is 48.6 Å². The van der Waals surface area contributed by atoms with Crippen LogP contribution in [0.2, 0.25) is 0 Å². The SMILES string of the molecule is COc1cc(N2CCOCC2)cc(-c2[nH]nc3ncc(-c4ccsc4)cc23)c1F. The molecule has 1 N–H and O–H groups in total. The quantitative estimate of drug-likeness (QED) is 0.542. The average Bonchev–Trinajstić information content (AvgIpc) is 3.44. The molecule has 0 aliphatic carbocycles. The van der Waals surface area contributed by atoms with Crippen molar-refractivity contribution in [1.29, 1.82) is 0 Å². The Hall–Kier alpha value is -2.97. The number of ether oxygens (including phenoxy) is 2. The van der Waals surface area contributed by atoms with Gasteiger partial charge in [-0.25, -0.2) is 9.37 Å². The molecule has 148 valence electrons. The van der Waals surface area contributed by atoms with Gasteiger partial charge < -0.3 is 14.4 Å². The number of nitrogens with one attached hydrogen (secondary N) is 1. The Morgan fingerprint density at radius 1 is 1.21 bits per heavy atom. The lowest BCUT2D eigenvalue weighted by atomic mass is 10.0. The van der Waals surface area contributed by atoms with Crippen molar-refractivity contribution in [3.8, 4) is 28.1 Å². The van der Waals surface area contributed by atoms with Crippen molar-refractivity contribution < 1.29 is 13.9 Å². The zero-order chi connectivity index (χ0) is 19.8. The number of pyridine rings is 1. The van der Waals surface area contributed by atoms with Crippen LogP contribution >= 0.6 is 11.3 Å². The molecule has 0 unspecified atom stereocenters. The number of nitrogens with zero attached hydrogens (tertiary/aromatic N) is 3. The number of aromatic amines is 1. The molecule has 1 aliphatic rings. The number of methoxy groups -OCH3 is 1. The van der Waals surface area contributed by atoms with Gasteiger partial charge in [-0.05, 0) is 34.5 Å². The minimum Gasteiger partial charge on any atom is -0.494 e. The number of halogens is 1. The molecule has 0 atom stereocenters. The summed E-state index contributed by atoms with van der Waals surface area (Å²) in [6, 6.07) is 7.61. The molecule has 0 radical (unpaired) electrons. The zero-order valence-electron chi connectivity index (χ0n) is 15.8. The maximum absolute atomic E-state index is 15.3. The molecule has 0 saturated carbocycles. The van der Waals surface area contributed by atoms with Gasteiger partial charge in [0.05, 0.1) is 26.0 Å². The van der Waals surface area contributed by atoms with Crippen molar-refractivity contribution in [2.75, 3.05) is 38.3 Å². The fourth-order valence-electron chi connectivity index (χ4n) is 3.61. The van der Waals surface area contributed by atoms with Crippen LogP contribution < -0.4 is 9.64 Å². The van der Waals surface area contributed by atoms with E-state index in [-0.39, 0.29) is 5.75 Å². The summed E-state index contributed by atoms with van der Waals surface area (Å²) in [6.07, 6.45) is 1.79. The molecule has 5 rings (SSSR count). The van der Waals surface area contributed by atoms with Gasteiger partial charge in [0.2, 0.25) is 0 Å². The summed E-state index contributed by atoms with van der Waals surface area (Å²) in [5, 5.41) is 12.1. The lowest BCUT2D eigenvalue weighted by Gasteiger charge is -2.29. The van der Waals surface area contributed by atoms with Crippen molar-refractivity contribution in [1.82, 2.24) is 15.2 Å². The summed E-state index contributed by atoms with van der Waals surface area (Å²) in [6.45, 7) is 2.80. The predicted octanol–water partition coefficient (Wildman–Crippen LogP) is 4.34. The van der Waals surface area contributed by atoms with Gasteiger partial charge >= 0.3 is 0 Å². The van der Waals surface area contributed by atoms with Crippen molar-refractivity contribution in [3.05, 3.63) is 47.0 Å². The Labute approximate surface area is 170 Å². The molecule has 1 aromatic carbocycles. The molecule has 29 heavy (non-hydrogen) atoms. The highest BCUT2D eigenvalue weighted by molar-refractivity contribution is 7.08. The van der Waals surface area contributed by atoms with Gasteiger partial charge in [0.25, 0.3) is 0 Å². The van der Waals surface area contributed by atoms with Crippen molar-refractivity contribution in [2.45, 2.75) is 0 Å². The number of aromatic nitrogens is 3. The summed E-state index contributed by atoms with van der Waals surface area (Å²) in [4.78, 5) is 6.62. The summed E-state index contributed by atoms with van der Waals surface area (Å²) in [7, 11) is 1.48. The van der Waals surface area contributed by atoms with Gasteiger partial charge in [0, 0.05) is 47.6 Å². The number of benzene rings is 1. The third-order valence-corrected chi connectivity index (χ3v) is 5.84. The molecular weight excluding hydrogens is 391 g/mol. The van der Waals surface area contributed by atoms with Crippen LogP contribution in [0.25, 0.3) is 33.4 Å². The van der Waals surface area contributed by atoms with Gasteiger partial charge in [-0.2, -0.15) is 16.4 Å². The standard InChI is InChI=1S/C21H19FN4O2S/c1-27-18-10-15(26-3-5-28-6-4-26)9-16(19(18)22)20-17-8-14(13-2-7-29-12-13)11-23-21(17)25-24-20/h2,7-12H,3-6H2,1H3,(H,23,24,25). The first kappa shape index (κ1) is 18.1. The molecule has 4 aromatic rings. The Morgan fingerprint density at radius 3 is 2.83 bits per heavy atom. The fourth-order valence-corrected chi connectivity index (χ4v) is 4.27. The molecular formula is C21H19FN4O2S. The molecule has 0 amide bonds.